The van der Waals surface area contributed by atoms with Crippen LogP contribution in [-0.2, 0) is 24.1 Å². The van der Waals surface area contributed by atoms with E-state index in [1.165, 1.54) is 6.92 Å². The molecule has 0 spiro atoms. The molecule has 0 aromatic heterocycles. The Morgan fingerprint density at radius 3 is 2.24 bits per heavy atom. The summed E-state index contributed by atoms with van der Waals surface area (Å²) >= 11 is 0. The molecule has 98 valence electrons. The van der Waals surface area contributed by atoms with E-state index < -0.39 is 23.6 Å². The first-order valence-corrected chi connectivity index (χ1v) is 5.37. The van der Waals surface area contributed by atoms with Crippen LogP contribution < -0.4 is 0 Å². The van der Waals surface area contributed by atoms with Crippen molar-refractivity contribution in [3.05, 3.63) is 12.2 Å². The minimum atomic E-state index is -0.582. The van der Waals surface area contributed by atoms with Crippen LogP contribution in [0.4, 0.5) is 0 Å². The summed E-state index contributed by atoms with van der Waals surface area (Å²) in [5.74, 6) is -1.11. The summed E-state index contributed by atoms with van der Waals surface area (Å²) in [4.78, 5) is 31.8. The zero-order valence-electron chi connectivity index (χ0n) is 11.0. The molecule has 0 N–H and O–H groups in total. The Morgan fingerprint density at radius 2 is 1.82 bits per heavy atom. The van der Waals surface area contributed by atoms with Crippen molar-refractivity contribution < 1.29 is 24.1 Å². The van der Waals surface area contributed by atoms with Crippen LogP contribution in [-0.4, -0.2) is 23.6 Å². The van der Waals surface area contributed by atoms with Crippen LogP contribution in [0.2, 0.25) is 0 Å². The van der Waals surface area contributed by atoms with Gasteiger partial charge in [0, 0.05) is 5.57 Å². The van der Waals surface area contributed by atoms with Crippen molar-refractivity contribution in [3.8, 4) is 0 Å². The van der Waals surface area contributed by atoms with Crippen molar-refractivity contribution >= 4 is 11.9 Å². The van der Waals surface area contributed by atoms with E-state index in [1.807, 2.05) is 0 Å². The molecule has 0 rings (SSSR count). The molecule has 0 heterocycles. The normalized spacial score (nSPS) is 12.8. The van der Waals surface area contributed by atoms with Crippen molar-refractivity contribution in [3.63, 3.8) is 0 Å². The largest absolute Gasteiger partial charge is 0.459 e. The number of ether oxygens (including phenoxy) is 1. The fourth-order valence-electron chi connectivity index (χ4n) is 0.765. The average molecular weight is 244 g/mol. The maximum Gasteiger partial charge on any atom is 0.346 e. The molecular formula is C12H20O5. The van der Waals surface area contributed by atoms with Gasteiger partial charge in [-0.3, -0.25) is 4.89 Å². The van der Waals surface area contributed by atoms with E-state index in [0.717, 1.165) is 0 Å². The topological polar surface area (TPSA) is 61.8 Å². The van der Waals surface area contributed by atoms with Crippen LogP contribution in [0.25, 0.3) is 0 Å². The maximum absolute atomic E-state index is 11.3. The summed E-state index contributed by atoms with van der Waals surface area (Å²) in [5.41, 5.74) is -0.274. The van der Waals surface area contributed by atoms with E-state index in [0.29, 0.717) is 0 Å². The molecule has 0 amide bonds. The second kappa shape index (κ2) is 6.39. The maximum atomic E-state index is 11.3. The lowest BCUT2D eigenvalue weighted by molar-refractivity contribution is -0.321. The van der Waals surface area contributed by atoms with Crippen LogP contribution >= 0.6 is 0 Å². The summed E-state index contributed by atoms with van der Waals surface area (Å²) in [6, 6.07) is 0. The Kier molecular flexibility index (Phi) is 5.88. The summed E-state index contributed by atoms with van der Waals surface area (Å²) in [5, 5.41) is 0. The van der Waals surface area contributed by atoms with Crippen molar-refractivity contribution in [2.75, 3.05) is 0 Å². The molecule has 0 bridgehead atoms. The van der Waals surface area contributed by atoms with E-state index in [9.17, 15) is 9.59 Å². The van der Waals surface area contributed by atoms with Gasteiger partial charge in [-0.25, -0.2) is 9.59 Å². The van der Waals surface area contributed by atoms with Crippen molar-refractivity contribution in [1.29, 1.82) is 0 Å². The van der Waals surface area contributed by atoms with Gasteiger partial charge >= 0.3 is 11.9 Å². The predicted octanol–water partition coefficient (Wildman–Crippen LogP) is 2.16. The lowest BCUT2D eigenvalue weighted by atomic mass is 10.2. The van der Waals surface area contributed by atoms with Gasteiger partial charge < -0.3 is 4.74 Å². The third-order valence-electron chi connectivity index (χ3n) is 1.50. The molecule has 1 unspecified atom stereocenters. The molecule has 0 saturated heterocycles. The van der Waals surface area contributed by atoms with Gasteiger partial charge in [-0.05, 0) is 34.6 Å². The van der Waals surface area contributed by atoms with Gasteiger partial charge in [-0.15, -0.1) is 0 Å². The SMILES string of the molecule is C=C(C)C(=O)OC(C)CC(=O)OOC(C)(C)C. The van der Waals surface area contributed by atoms with E-state index >= 15 is 0 Å². The van der Waals surface area contributed by atoms with Crippen molar-refractivity contribution in [2.24, 2.45) is 0 Å². The molecule has 0 aliphatic heterocycles. The highest BCUT2D eigenvalue weighted by molar-refractivity contribution is 5.87. The fraction of sp³-hybridized carbons (Fsp3) is 0.667. The number of carbonyl (C=O) groups excluding carboxylic acids is 2. The molecule has 0 fully saturated rings. The molecule has 5 heteroatoms. The second-order valence-electron chi connectivity index (χ2n) is 4.85. The monoisotopic (exact) mass is 244 g/mol. The van der Waals surface area contributed by atoms with Gasteiger partial charge in [-0.2, -0.15) is 4.89 Å². The van der Waals surface area contributed by atoms with E-state index in [4.69, 9.17) is 9.62 Å². The molecule has 0 radical (unpaired) electrons. The van der Waals surface area contributed by atoms with Gasteiger partial charge in [0.15, 0.2) is 0 Å². The van der Waals surface area contributed by atoms with Crippen molar-refractivity contribution in [2.45, 2.75) is 52.7 Å². The molecule has 0 aromatic carbocycles. The first-order valence-electron chi connectivity index (χ1n) is 5.37. The molecule has 0 saturated carbocycles. The molecule has 17 heavy (non-hydrogen) atoms. The Balaban J connectivity index is 3.96. The number of esters is 1. The lowest BCUT2D eigenvalue weighted by Crippen LogP contribution is -2.25. The Bertz CT molecular complexity index is 301. The first-order chi connectivity index (χ1) is 7.61. The van der Waals surface area contributed by atoms with Crippen LogP contribution in [0.15, 0.2) is 12.2 Å². The minimum Gasteiger partial charge on any atom is -0.459 e. The third-order valence-corrected chi connectivity index (χ3v) is 1.50. The molecule has 0 aliphatic rings. The Hall–Kier alpha value is -1.36. The van der Waals surface area contributed by atoms with Gasteiger partial charge in [0.1, 0.15) is 11.7 Å². The molecule has 0 aliphatic carbocycles. The summed E-state index contributed by atoms with van der Waals surface area (Å²) in [6.45, 7) is 11.8. The molecule has 5 nitrogen and oxygen atoms in total. The first kappa shape index (κ1) is 15.6. The summed E-state index contributed by atoms with van der Waals surface area (Å²) in [6.07, 6.45) is -0.634. The van der Waals surface area contributed by atoms with E-state index in [2.05, 4.69) is 11.5 Å². The Labute approximate surface area is 102 Å². The van der Waals surface area contributed by atoms with Crippen LogP contribution in [0.5, 0.6) is 0 Å². The zero-order chi connectivity index (χ0) is 13.6. The number of carbonyl (C=O) groups is 2. The van der Waals surface area contributed by atoms with E-state index in [-0.39, 0.29) is 12.0 Å². The lowest BCUT2D eigenvalue weighted by Gasteiger charge is -2.17. The van der Waals surface area contributed by atoms with Gasteiger partial charge in [0.05, 0.1) is 6.42 Å². The van der Waals surface area contributed by atoms with Gasteiger partial charge in [0.25, 0.3) is 0 Å². The smallest absolute Gasteiger partial charge is 0.346 e. The number of rotatable bonds is 5. The summed E-state index contributed by atoms with van der Waals surface area (Å²) in [7, 11) is 0. The minimum absolute atomic E-state index is 0.0604. The zero-order valence-corrected chi connectivity index (χ0v) is 11.0. The third kappa shape index (κ3) is 8.45. The highest BCUT2D eigenvalue weighted by Gasteiger charge is 2.19. The quantitative estimate of drug-likeness (QED) is 0.321. The average Bonchev–Trinajstić information content (AvgIpc) is 2.13. The summed E-state index contributed by atoms with van der Waals surface area (Å²) < 4.78 is 4.92. The van der Waals surface area contributed by atoms with Gasteiger partial charge in [0.2, 0.25) is 0 Å². The molecule has 0 aromatic rings. The number of hydrogen-bond donors (Lipinski definition) is 0. The highest BCUT2D eigenvalue weighted by atomic mass is 17.2. The number of hydrogen-bond acceptors (Lipinski definition) is 5. The standard InChI is InChI=1S/C12H20O5/c1-8(2)11(14)15-9(3)7-10(13)16-17-12(4,5)6/h9H,1,7H2,2-6H3. The highest BCUT2D eigenvalue weighted by Crippen LogP contribution is 2.09. The van der Waals surface area contributed by atoms with Crippen LogP contribution in [0.1, 0.15) is 41.0 Å². The molecule has 1 atom stereocenters. The van der Waals surface area contributed by atoms with Gasteiger partial charge in [-0.1, -0.05) is 6.58 Å². The molecular weight excluding hydrogens is 224 g/mol. The second-order valence-corrected chi connectivity index (χ2v) is 4.85. The predicted molar refractivity (Wildman–Crippen MR) is 61.9 cm³/mol. The van der Waals surface area contributed by atoms with Crippen molar-refractivity contribution in [1.82, 2.24) is 0 Å². The van der Waals surface area contributed by atoms with Crippen LogP contribution in [0, 0.1) is 0 Å². The fourth-order valence-corrected chi connectivity index (χ4v) is 0.765. The van der Waals surface area contributed by atoms with Crippen LogP contribution in [0.3, 0.4) is 0 Å². The van der Waals surface area contributed by atoms with E-state index in [1.54, 1.807) is 27.7 Å². The Morgan fingerprint density at radius 1 is 1.29 bits per heavy atom.